The van der Waals surface area contributed by atoms with Crippen molar-refractivity contribution in [3.05, 3.63) is 34.1 Å². The second-order valence-electron chi connectivity index (χ2n) is 2.96. The number of nitriles is 1. The molecule has 0 atom stereocenters. The van der Waals surface area contributed by atoms with Crippen molar-refractivity contribution in [2.24, 2.45) is 0 Å². The number of anilines is 1. The Morgan fingerprint density at radius 3 is 2.16 bits per heavy atom. The van der Waals surface area contributed by atoms with Gasteiger partial charge in [-0.3, -0.25) is 4.79 Å². The van der Waals surface area contributed by atoms with Gasteiger partial charge in [-0.05, 0) is 24.3 Å². The van der Waals surface area contributed by atoms with Crippen LogP contribution in [0.25, 0.3) is 0 Å². The Hall–Kier alpha value is 0.160. The van der Waals surface area contributed by atoms with Crippen molar-refractivity contribution in [2.75, 3.05) is 12.4 Å². The first kappa shape index (κ1) is 21.5. The van der Waals surface area contributed by atoms with Crippen molar-refractivity contribution in [2.45, 2.75) is 0 Å². The van der Waals surface area contributed by atoms with Crippen molar-refractivity contribution in [3.8, 4) is 11.8 Å². The Kier molecular flexibility index (Phi) is 12.3. The van der Waals surface area contributed by atoms with E-state index in [1.54, 1.807) is 37.4 Å². The van der Waals surface area contributed by atoms with Gasteiger partial charge in [0.2, 0.25) is 0 Å². The second kappa shape index (κ2) is 10.9. The first-order chi connectivity index (χ1) is 8.08. The Morgan fingerprint density at radius 1 is 1.26 bits per heavy atom. The molecule has 0 fully saturated rings. The van der Waals surface area contributed by atoms with Crippen LogP contribution in [0.1, 0.15) is 0 Å². The molecule has 0 aliphatic carbocycles. The van der Waals surface area contributed by atoms with E-state index in [0.29, 0.717) is 11.4 Å². The minimum Gasteiger partial charge on any atom is -0.806 e. The van der Waals surface area contributed by atoms with E-state index < -0.39 is 5.91 Å². The number of hydrogen-bond donors (Lipinski definition) is 1. The molecule has 0 aromatic heterocycles. The number of ether oxygens (including phenoxy) is 1. The molecule has 1 rings (SSSR count). The third-order valence-electron chi connectivity index (χ3n) is 1.89. The van der Waals surface area contributed by atoms with E-state index in [-0.39, 0.29) is 68.9 Å². The number of carbonyl (C=O) groups excluding carboxylic acids is 1. The van der Waals surface area contributed by atoms with Crippen LogP contribution in [-0.2, 0) is 30.1 Å². The standard InChI is InChI=1S/C11H10N2O2S2.2Na/c1-15-8-4-2-7(3-5-8)13-10(14)9(6-12)11(16)17;;/h2-5,16-17H,1H3,(H,13,14);;/q;2*+1/p-2. The first-order valence-electron chi connectivity index (χ1n) is 4.52. The maximum absolute atomic E-state index is 11.6. The van der Waals surface area contributed by atoms with Gasteiger partial charge in [0.05, 0.1) is 12.7 Å². The van der Waals surface area contributed by atoms with E-state index in [0.717, 1.165) is 0 Å². The van der Waals surface area contributed by atoms with E-state index in [4.69, 9.17) is 10.00 Å². The van der Waals surface area contributed by atoms with Crippen LogP contribution in [0.4, 0.5) is 5.69 Å². The van der Waals surface area contributed by atoms with Gasteiger partial charge in [0.15, 0.2) is 0 Å². The van der Waals surface area contributed by atoms with Crippen LogP contribution in [-0.4, -0.2) is 13.0 Å². The molecule has 0 saturated heterocycles. The maximum atomic E-state index is 11.6. The summed E-state index contributed by atoms with van der Waals surface area (Å²) in [6, 6.07) is 8.36. The van der Waals surface area contributed by atoms with Gasteiger partial charge in [-0.2, -0.15) is 5.26 Å². The van der Waals surface area contributed by atoms with E-state index >= 15 is 0 Å². The minimum absolute atomic E-state index is 0. The predicted octanol–water partition coefficient (Wildman–Crippen LogP) is -4.53. The number of rotatable bonds is 3. The quantitative estimate of drug-likeness (QED) is 0.264. The predicted molar refractivity (Wildman–Crippen MR) is 69.0 cm³/mol. The fourth-order valence-electron chi connectivity index (χ4n) is 1.06. The van der Waals surface area contributed by atoms with Crippen molar-refractivity contribution in [3.63, 3.8) is 0 Å². The van der Waals surface area contributed by atoms with Gasteiger partial charge in [0.1, 0.15) is 11.8 Å². The molecule has 0 unspecified atom stereocenters. The van der Waals surface area contributed by atoms with E-state index in [2.05, 4.69) is 30.6 Å². The number of hydrogen-bond acceptors (Lipinski definition) is 5. The van der Waals surface area contributed by atoms with Gasteiger partial charge in [-0.25, -0.2) is 0 Å². The average Bonchev–Trinajstić information content (AvgIpc) is 2.30. The van der Waals surface area contributed by atoms with Crippen LogP contribution in [0.2, 0.25) is 0 Å². The summed E-state index contributed by atoms with van der Waals surface area (Å²) in [6.45, 7) is 0. The molecular formula is C11H8N2Na2O2S2. The molecule has 0 radical (unpaired) electrons. The molecule has 0 aliphatic heterocycles. The molecule has 0 spiro atoms. The Morgan fingerprint density at radius 2 is 1.79 bits per heavy atom. The molecule has 1 amide bonds. The summed E-state index contributed by atoms with van der Waals surface area (Å²) in [7, 11) is 1.55. The Labute approximate surface area is 167 Å². The van der Waals surface area contributed by atoms with Gasteiger partial charge in [0.25, 0.3) is 5.91 Å². The van der Waals surface area contributed by atoms with E-state index in [1.807, 2.05) is 0 Å². The summed E-state index contributed by atoms with van der Waals surface area (Å²) >= 11 is 9.25. The van der Waals surface area contributed by atoms with Gasteiger partial charge >= 0.3 is 59.1 Å². The molecule has 0 bridgehead atoms. The number of nitrogens with zero attached hydrogens (tertiary/aromatic N) is 1. The van der Waals surface area contributed by atoms with Crippen LogP contribution >= 0.6 is 0 Å². The summed E-state index contributed by atoms with van der Waals surface area (Å²) < 4.78 is 4.83. The minimum atomic E-state index is -0.599. The van der Waals surface area contributed by atoms with Crippen molar-refractivity contribution < 1.29 is 68.6 Å². The fraction of sp³-hybridized carbons (Fsp3) is 0.0909. The molecule has 88 valence electrons. The molecule has 1 N–H and O–H groups in total. The number of amides is 1. The van der Waals surface area contributed by atoms with Gasteiger partial charge < -0.3 is 39.5 Å². The number of carbonyl (C=O) groups is 1. The Balaban J connectivity index is 0. The molecule has 0 saturated carbocycles. The third kappa shape index (κ3) is 6.93. The number of benzene rings is 1. The van der Waals surface area contributed by atoms with Crippen LogP contribution in [0.15, 0.2) is 34.1 Å². The first-order valence-corrected chi connectivity index (χ1v) is 5.34. The molecule has 0 heterocycles. The molecule has 0 aliphatic rings. The molecule has 1 aromatic rings. The van der Waals surface area contributed by atoms with Crippen LogP contribution < -0.4 is 69.2 Å². The number of nitrogens with one attached hydrogen (secondary N) is 1. The largest absolute Gasteiger partial charge is 1.00 e. The third-order valence-corrected chi connectivity index (χ3v) is 2.30. The zero-order chi connectivity index (χ0) is 12.8. The zero-order valence-electron chi connectivity index (χ0n) is 10.9. The molecule has 1 aromatic carbocycles. The zero-order valence-corrected chi connectivity index (χ0v) is 16.5. The van der Waals surface area contributed by atoms with Gasteiger partial charge in [-0.1, -0.05) is 0 Å². The smallest absolute Gasteiger partial charge is 0.806 e. The topological polar surface area (TPSA) is 62.1 Å². The van der Waals surface area contributed by atoms with Crippen LogP contribution in [0.5, 0.6) is 5.75 Å². The SMILES string of the molecule is COc1ccc(NC(=O)C(C#N)=C([S-])[S-])cc1.[Na+].[Na+]. The van der Waals surface area contributed by atoms with Gasteiger partial charge in [0, 0.05) is 5.69 Å². The molecular weight excluding hydrogens is 302 g/mol. The van der Waals surface area contributed by atoms with Crippen molar-refractivity contribution in [1.82, 2.24) is 0 Å². The summed E-state index contributed by atoms with van der Waals surface area (Å²) in [5, 5.41) is 11.2. The van der Waals surface area contributed by atoms with E-state index in [9.17, 15) is 4.79 Å². The van der Waals surface area contributed by atoms with Crippen LogP contribution in [0.3, 0.4) is 0 Å². The normalized spacial score (nSPS) is 8.00. The maximum Gasteiger partial charge on any atom is 1.00 e. The van der Waals surface area contributed by atoms with Crippen LogP contribution in [0, 0.1) is 11.3 Å². The van der Waals surface area contributed by atoms with E-state index in [1.165, 1.54) is 0 Å². The van der Waals surface area contributed by atoms with Crippen molar-refractivity contribution in [1.29, 1.82) is 5.26 Å². The summed E-state index contributed by atoms with van der Waals surface area (Å²) in [5.41, 5.74) is 0.306. The summed E-state index contributed by atoms with van der Waals surface area (Å²) in [6.07, 6.45) is 0. The summed E-state index contributed by atoms with van der Waals surface area (Å²) in [5.74, 6) is 0.0731. The Bertz CT molecular complexity index is 494. The fourth-order valence-corrected chi connectivity index (χ4v) is 1.33. The second-order valence-corrected chi connectivity index (χ2v) is 4.03. The molecule has 8 heteroatoms. The average molecular weight is 310 g/mol. The summed E-state index contributed by atoms with van der Waals surface area (Å²) in [4.78, 5) is 11.6. The van der Waals surface area contributed by atoms with Gasteiger partial charge in [-0.15, -0.1) is 0 Å². The van der Waals surface area contributed by atoms with Crippen molar-refractivity contribution >= 4 is 36.9 Å². The number of methoxy groups -OCH3 is 1. The molecule has 4 nitrogen and oxygen atoms in total. The molecule has 19 heavy (non-hydrogen) atoms. The monoisotopic (exact) mass is 310 g/mol.